The number of hydrogen-bond acceptors (Lipinski definition) is 3. The molecule has 0 saturated heterocycles. The molecule has 0 aliphatic rings. The molecule has 0 radical (unpaired) electrons. The molecule has 106 valence electrons. The fourth-order valence-corrected chi connectivity index (χ4v) is 2.73. The zero-order valence-corrected chi connectivity index (χ0v) is 13.9. The van der Waals surface area contributed by atoms with Crippen molar-refractivity contribution in [2.45, 2.75) is 34.6 Å². The van der Waals surface area contributed by atoms with Gasteiger partial charge in [-0.3, -0.25) is 9.59 Å². The summed E-state index contributed by atoms with van der Waals surface area (Å²) in [7, 11) is 0. The maximum absolute atomic E-state index is 12.6. The number of hydrogen-bond donors (Lipinski definition) is 0. The lowest BCUT2D eigenvalue weighted by Crippen LogP contribution is -2.16. The summed E-state index contributed by atoms with van der Waals surface area (Å²) in [5.74, 6) is -0.0538. The smallest absolute Gasteiger partial charge is 0.208 e. The molecule has 4 heteroatoms. The molecule has 0 spiro atoms. The highest BCUT2D eigenvalue weighted by atomic mass is 79.9. The topological polar surface area (TPSA) is 47.3 Å². The van der Waals surface area contributed by atoms with E-state index in [1.807, 2.05) is 27.7 Å². The second-order valence-corrected chi connectivity index (χ2v) is 5.71. The van der Waals surface area contributed by atoms with Crippen LogP contribution in [0.2, 0.25) is 0 Å². The van der Waals surface area contributed by atoms with Gasteiger partial charge in [-0.15, -0.1) is 0 Å². The normalized spacial score (nSPS) is 11.1. The van der Waals surface area contributed by atoms with Crippen LogP contribution in [0.4, 0.5) is 0 Å². The largest absolute Gasteiger partial charge is 0.452 e. The van der Waals surface area contributed by atoms with Crippen LogP contribution in [0, 0.1) is 34.6 Å². The van der Waals surface area contributed by atoms with Crippen LogP contribution in [-0.2, 0) is 0 Å². The van der Waals surface area contributed by atoms with E-state index in [9.17, 15) is 9.59 Å². The van der Waals surface area contributed by atoms with E-state index >= 15 is 0 Å². The second kappa shape index (κ2) is 5.17. The van der Waals surface area contributed by atoms with E-state index in [0.717, 1.165) is 22.3 Å². The van der Waals surface area contributed by atoms with Gasteiger partial charge < -0.3 is 4.42 Å². The average Bonchev–Trinajstić information content (AvgIpc) is 2.44. The summed E-state index contributed by atoms with van der Waals surface area (Å²) in [6.07, 6.45) is 0. The van der Waals surface area contributed by atoms with Crippen LogP contribution in [-0.4, -0.2) is 11.1 Å². The van der Waals surface area contributed by atoms with E-state index in [1.54, 1.807) is 6.92 Å². The van der Waals surface area contributed by atoms with Crippen molar-refractivity contribution >= 4 is 32.7 Å². The van der Waals surface area contributed by atoms with Crippen LogP contribution in [0.1, 0.15) is 38.4 Å². The lowest BCUT2D eigenvalue weighted by molar-refractivity contribution is 0.0993. The molecule has 1 heterocycles. The summed E-state index contributed by atoms with van der Waals surface area (Å²) < 4.78 is 5.79. The van der Waals surface area contributed by atoms with Crippen LogP contribution >= 0.6 is 15.9 Å². The molecular weight excluding hydrogens is 320 g/mol. The lowest BCUT2D eigenvalue weighted by atomic mass is 9.94. The summed E-state index contributed by atoms with van der Waals surface area (Å²) in [6.45, 7) is 9.49. The van der Waals surface area contributed by atoms with E-state index in [0.29, 0.717) is 16.5 Å². The first kappa shape index (κ1) is 15.0. The van der Waals surface area contributed by atoms with Gasteiger partial charge in [0.25, 0.3) is 0 Å². The first-order valence-corrected chi connectivity index (χ1v) is 7.56. The molecule has 0 amide bonds. The predicted molar refractivity (Wildman–Crippen MR) is 84.3 cm³/mol. The SMILES string of the molecule is Cc1c(C)c(C)c2c(=O)c(C)c(C(=O)CBr)oc2c1C. The highest BCUT2D eigenvalue weighted by molar-refractivity contribution is 9.09. The first-order chi connectivity index (χ1) is 9.31. The number of halogens is 1. The molecule has 0 fully saturated rings. The molecule has 20 heavy (non-hydrogen) atoms. The monoisotopic (exact) mass is 336 g/mol. The molecule has 0 aliphatic carbocycles. The van der Waals surface area contributed by atoms with Crippen LogP contribution in [0.15, 0.2) is 9.21 Å². The van der Waals surface area contributed by atoms with Gasteiger partial charge in [-0.1, -0.05) is 15.9 Å². The fraction of sp³-hybridized carbons (Fsp3) is 0.375. The molecule has 0 N–H and O–H groups in total. The third-order valence-corrected chi connectivity index (χ3v) is 4.63. The van der Waals surface area contributed by atoms with Crippen molar-refractivity contribution in [1.29, 1.82) is 0 Å². The van der Waals surface area contributed by atoms with Gasteiger partial charge in [0, 0.05) is 5.56 Å². The van der Waals surface area contributed by atoms with Crippen LogP contribution in [0.3, 0.4) is 0 Å². The number of alkyl halides is 1. The van der Waals surface area contributed by atoms with E-state index in [1.165, 1.54) is 0 Å². The molecule has 0 bridgehead atoms. The molecule has 2 rings (SSSR count). The van der Waals surface area contributed by atoms with Crippen LogP contribution in [0.25, 0.3) is 11.0 Å². The quantitative estimate of drug-likeness (QED) is 0.617. The third kappa shape index (κ3) is 2.03. The van der Waals surface area contributed by atoms with Crippen molar-refractivity contribution in [2.24, 2.45) is 0 Å². The van der Waals surface area contributed by atoms with Crippen molar-refractivity contribution < 1.29 is 9.21 Å². The van der Waals surface area contributed by atoms with Gasteiger partial charge in [-0.05, 0) is 56.9 Å². The molecule has 1 aromatic carbocycles. The summed E-state index contributed by atoms with van der Waals surface area (Å²) in [5.41, 5.74) is 4.85. The Balaban J connectivity index is 3.07. The van der Waals surface area contributed by atoms with Gasteiger partial charge in [0.2, 0.25) is 5.78 Å². The Kier molecular flexibility index (Phi) is 3.87. The molecule has 0 saturated carbocycles. The minimum Gasteiger partial charge on any atom is -0.452 e. The molecule has 1 aromatic heterocycles. The van der Waals surface area contributed by atoms with Crippen LogP contribution < -0.4 is 5.43 Å². The minimum absolute atomic E-state index is 0.112. The summed E-state index contributed by atoms with van der Waals surface area (Å²) in [5, 5.41) is 0.736. The van der Waals surface area contributed by atoms with Gasteiger partial charge in [0.1, 0.15) is 5.58 Å². The molecular formula is C16H17BrO3. The Morgan fingerprint density at radius 3 is 2.05 bits per heavy atom. The van der Waals surface area contributed by atoms with Gasteiger partial charge in [-0.25, -0.2) is 0 Å². The Morgan fingerprint density at radius 1 is 0.950 bits per heavy atom. The molecule has 0 unspecified atom stereocenters. The zero-order chi connectivity index (χ0) is 15.2. The number of rotatable bonds is 2. The molecule has 3 nitrogen and oxygen atoms in total. The molecule has 0 atom stereocenters. The summed E-state index contributed by atoms with van der Waals surface area (Å²) in [4.78, 5) is 24.5. The van der Waals surface area contributed by atoms with Gasteiger partial charge in [0.15, 0.2) is 11.2 Å². The lowest BCUT2D eigenvalue weighted by Gasteiger charge is -2.14. The van der Waals surface area contributed by atoms with E-state index < -0.39 is 0 Å². The van der Waals surface area contributed by atoms with Crippen molar-refractivity contribution in [1.82, 2.24) is 0 Å². The average molecular weight is 337 g/mol. The maximum atomic E-state index is 12.6. The van der Waals surface area contributed by atoms with Crippen molar-refractivity contribution in [3.05, 3.63) is 43.8 Å². The maximum Gasteiger partial charge on any atom is 0.208 e. The standard InChI is InChI=1S/C16H17BrO3/c1-7-8(2)10(4)16-13(9(7)3)14(19)11(5)15(20-16)12(18)6-17/h6H2,1-5H3. The zero-order valence-electron chi connectivity index (χ0n) is 12.3. The van der Waals surface area contributed by atoms with E-state index in [2.05, 4.69) is 15.9 Å². The predicted octanol–water partition coefficient (Wildman–Crippen LogP) is 3.91. The van der Waals surface area contributed by atoms with E-state index in [-0.39, 0.29) is 22.3 Å². The van der Waals surface area contributed by atoms with Gasteiger partial charge in [0.05, 0.1) is 10.7 Å². The Hall–Kier alpha value is -1.42. The molecule has 2 aromatic rings. The van der Waals surface area contributed by atoms with Gasteiger partial charge >= 0.3 is 0 Å². The number of benzene rings is 1. The number of fused-ring (bicyclic) bond motifs is 1. The number of carbonyl (C=O) groups is 1. The number of Topliss-reactive ketones (excluding diaryl/α,β-unsaturated/α-hetero) is 1. The fourth-order valence-electron chi connectivity index (χ4n) is 2.48. The van der Waals surface area contributed by atoms with Crippen molar-refractivity contribution in [3.63, 3.8) is 0 Å². The van der Waals surface area contributed by atoms with Crippen molar-refractivity contribution in [3.8, 4) is 0 Å². The first-order valence-electron chi connectivity index (χ1n) is 6.44. The summed E-state index contributed by atoms with van der Waals surface area (Å²) in [6, 6.07) is 0. The van der Waals surface area contributed by atoms with Gasteiger partial charge in [-0.2, -0.15) is 0 Å². The highest BCUT2D eigenvalue weighted by Gasteiger charge is 2.20. The highest BCUT2D eigenvalue weighted by Crippen LogP contribution is 2.28. The van der Waals surface area contributed by atoms with E-state index in [4.69, 9.17) is 4.42 Å². The Labute approximate surface area is 126 Å². The number of ketones is 1. The van der Waals surface area contributed by atoms with Crippen molar-refractivity contribution in [2.75, 3.05) is 5.33 Å². The Bertz CT molecular complexity index is 785. The van der Waals surface area contributed by atoms with Crippen LogP contribution in [0.5, 0.6) is 0 Å². The molecule has 0 aliphatic heterocycles. The third-order valence-electron chi connectivity index (χ3n) is 4.12. The minimum atomic E-state index is -0.211. The summed E-state index contributed by atoms with van der Waals surface area (Å²) >= 11 is 3.12. The Morgan fingerprint density at radius 2 is 1.50 bits per heavy atom. The number of aryl methyl sites for hydroxylation is 2. The second-order valence-electron chi connectivity index (χ2n) is 5.15. The number of carbonyl (C=O) groups excluding carboxylic acids is 1.